The lowest BCUT2D eigenvalue weighted by molar-refractivity contribution is 0.505. The number of unbranched alkanes of at least 4 members (excludes halogenated alkanes) is 1. The van der Waals surface area contributed by atoms with Crippen LogP contribution in [0.4, 0.5) is 0 Å². The number of aryl methyl sites for hydroxylation is 1. The molecule has 0 saturated heterocycles. The third-order valence-corrected chi connectivity index (χ3v) is 9.70. The van der Waals surface area contributed by atoms with Crippen molar-refractivity contribution in [3.05, 3.63) is 90.5 Å². The number of rotatable bonds is 8. The molecule has 0 aromatic heterocycles. The Morgan fingerprint density at radius 3 is 1.64 bits per heavy atom. The second-order valence-corrected chi connectivity index (χ2v) is 11.3. The van der Waals surface area contributed by atoms with Crippen LogP contribution in [0.15, 0.2) is 99.6 Å². The molecule has 3 nitrogen and oxygen atoms in total. The lowest BCUT2D eigenvalue weighted by Crippen LogP contribution is -2.16. The van der Waals surface area contributed by atoms with E-state index in [-0.39, 0.29) is 5.75 Å². The van der Waals surface area contributed by atoms with Gasteiger partial charge in [-0.15, -0.1) is 0 Å². The van der Waals surface area contributed by atoms with Crippen LogP contribution in [0.25, 0.3) is 0 Å². The molecule has 0 spiro atoms. The van der Waals surface area contributed by atoms with Gasteiger partial charge in [0.05, 0.1) is 5.75 Å². The molecule has 0 unspecified atom stereocenters. The number of hydrogen-bond acceptors (Lipinski definition) is 3. The largest absolute Gasteiger partial charge is 0.277 e. The molecule has 0 aliphatic heterocycles. The second kappa shape index (κ2) is 8.95. The molecule has 0 radical (unpaired) electrons. The van der Waals surface area contributed by atoms with Crippen molar-refractivity contribution < 1.29 is 12.0 Å². The lowest BCUT2D eigenvalue weighted by Gasteiger charge is -2.39. The summed E-state index contributed by atoms with van der Waals surface area (Å²) in [6.07, 6.45) is 1.38. The smallest absolute Gasteiger partial charge is 0.207 e. The Hall–Kier alpha value is -2.08. The van der Waals surface area contributed by atoms with Crippen LogP contribution in [0.1, 0.15) is 25.3 Å². The molecule has 0 amide bonds. The minimum absolute atomic E-state index is 0.0176. The van der Waals surface area contributed by atoms with Gasteiger partial charge in [0.2, 0.25) is 0 Å². The highest BCUT2D eigenvalue weighted by Crippen LogP contribution is 2.69. The summed E-state index contributed by atoms with van der Waals surface area (Å²) in [6, 6.07) is 27.4. The maximum Gasteiger partial charge on any atom is 0.277 e. The lowest BCUT2D eigenvalue weighted by atomic mass is 10.2. The van der Waals surface area contributed by atoms with E-state index in [0.29, 0.717) is 6.42 Å². The molecule has 0 saturated carbocycles. The average molecular weight is 415 g/mol. The first-order chi connectivity index (χ1) is 13.5. The van der Waals surface area contributed by atoms with Crippen molar-refractivity contribution in [1.82, 2.24) is 0 Å². The maximum absolute atomic E-state index is 13.0. The van der Waals surface area contributed by atoms with E-state index >= 15 is 0 Å². The first-order valence-electron chi connectivity index (χ1n) is 9.42. The molecular formula is C23H26O3S2. The van der Waals surface area contributed by atoms with Gasteiger partial charge in [0.15, 0.2) is 0 Å². The van der Waals surface area contributed by atoms with Gasteiger partial charge in [0, 0.05) is 14.7 Å². The van der Waals surface area contributed by atoms with Crippen LogP contribution in [0, 0.1) is 6.92 Å². The summed E-state index contributed by atoms with van der Waals surface area (Å²) >= 11 is 0. The highest BCUT2D eigenvalue weighted by molar-refractivity contribution is 8.33. The van der Waals surface area contributed by atoms with Crippen LogP contribution in [-0.4, -0.2) is 14.2 Å². The summed E-state index contributed by atoms with van der Waals surface area (Å²) in [5.41, 5.74) is 1.12. The van der Waals surface area contributed by atoms with Gasteiger partial charge in [-0.25, -0.2) is 3.63 Å². The van der Waals surface area contributed by atoms with Gasteiger partial charge in [0.1, 0.15) is 0 Å². The van der Waals surface area contributed by atoms with Crippen molar-refractivity contribution in [3.8, 4) is 0 Å². The second-order valence-electron chi connectivity index (χ2n) is 6.68. The molecule has 0 heterocycles. The van der Waals surface area contributed by atoms with Crippen molar-refractivity contribution in [1.29, 1.82) is 0 Å². The standard InChI is InChI=1S/C23H26O3S2/c1-3-4-19-27(24,25)26-28(21-11-7-5-8-12-21,22-13-9-6-10-14-22)23-17-15-20(2)16-18-23/h5-18H,3-4,19H2,1-2H3. The van der Waals surface area contributed by atoms with Gasteiger partial charge in [0.25, 0.3) is 10.1 Å². The predicted molar refractivity (Wildman–Crippen MR) is 116 cm³/mol. The molecule has 0 bridgehead atoms. The molecule has 3 rings (SSSR count). The first kappa shape index (κ1) is 20.6. The Balaban J connectivity index is 2.28. The van der Waals surface area contributed by atoms with Gasteiger partial charge >= 0.3 is 0 Å². The fourth-order valence-electron chi connectivity index (χ4n) is 2.99. The zero-order chi connectivity index (χ0) is 20.0. The highest BCUT2D eigenvalue weighted by atomic mass is 32.3. The summed E-state index contributed by atoms with van der Waals surface area (Å²) in [6.45, 7) is 3.99. The van der Waals surface area contributed by atoms with Gasteiger partial charge in [-0.1, -0.05) is 67.4 Å². The van der Waals surface area contributed by atoms with Crippen LogP contribution in [-0.2, 0) is 13.7 Å². The minimum Gasteiger partial charge on any atom is -0.207 e. The monoisotopic (exact) mass is 414 g/mol. The van der Waals surface area contributed by atoms with Crippen LogP contribution in [0.3, 0.4) is 0 Å². The van der Waals surface area contributed by atoms with Crippen LogP contribution < -0.4 is 0 Å². The zero-order valence-corrected chi connectivity index (χ0v) is 17.9. The summed E-state index contributed by atoms with van der Waals surface area (Å²) in [4.78, 5) is 2.60. The molecule has 3 aromatic carbocycles. The first-order valence-corrected chi connectivity index (χ1v) is 12.6. The predicted octanol–water partition coefficient (Wildman–Crippen LogP) is 6.34. The summed E-state index contributed by atoms with van der Waals surface area (Å²) < 4.78 is 32.2. The molecule has 3 aromatic rings. The van der Waals surface area contributed by atoms with Crippen molar-refractivity contribution in [2.24, 2.45) is 0 Å². The number of hydrogen-bond donors (Lipinski definition) is 0. The highest BCUT2D eigenvalue weighted by Gasteiger charge is 2.37. The Morgan fingerprint density at radius 1 is 0.714 bits per heavy atom. The van der Waals surface area contributed by atoms with E-state index in [2.05, 4.69) is 0 Å². The number of benzene rings is 3. The quantitative estimate of drug-likeness (QED) is 0.432. The van der Waals surface area contributed by atoms with Crippen molar-refractivity contribution in [2.45, 2.75) is 41.4 Å². The normalized spacial score (nSPS) is 12.6. The van der Waals surface area contributed by atoms with E-state index in [9.17, 15) is 8.42 Å². The van der Waals surface area contributed by atoms with E-state index in [1.54, 1.807) is 0 Å². The Morgan fingerprint density at radius 2 is 1.18 bits per heavy atom. The van der Waals surface area contributed by atoms with Crippen LogP contribution >= 0.6 is 10.3 Å². The summed E-state index contributed by atoms with van der Waals surface area (Å²) in [5.74, 6) is 0.0176. The van der Waals surface area contributed by atoms with Crippen molar-refractivity contribution >= 4 is 20.4 Å². The van der Waals surface area contributed by atoms with E-state index in [0.717, 1.165) is 26.7 Å². The van der Waals surface area contributed by atoms with Crippen molar-refractivity contribution in [3.63, 3.8) is 0 Å². The molecule has 0 fully saturated rings. The Kier molecular flexibility index (Phi) is 6.60. The topological polar surface area (TPSA) is 43.4 Å². The molecule has 0 atom stereocenters. The SMILES string of the molecule is CCCCS(=O)(=O)OS(c1ccccc1)(c1ccccc1)c1ccc(C)cc1. The molecule has 0 aliphatic rings. The van der Waals surface area contributed by atoms with E-state index < -0.39 is 20.4 Å². The van der Waals surface area contributed by atoms with Gasteiger partial charge in [-0.3, -0.25) is 0 Å². The Bertz CT molecular complexity index is 944. The van der Waals surface area contributed by atoms with Gasteiger partial charge in [-0.2, -0.15) is 8.42 Å². The van der Waals surface area contributed by atoms with Gasteiger partial charge in [-0.05, 0) is 60.1 Å². The third kappa shape index (κ3) is 4.49. The Labute approximate surface area is 170 Å². The molecule has 148 valence electrons. The molecule has 5 heteroatoms. The van der Waals surface area contributed by atoms with E-state index in [1.165, 1.54) is 0 Å². The molecule has 0 aliphatic carbocycles. The minimum atomic E-state index is -3.72. The summed E-state index contributed by atoms with van der Waals surface area (Å²) in [5, 5.41) is 0. The zero-order valence-electron chi connectivity index (χ0n) is 16.2. The van der Waals surface area contributed by atoms with Crippen LogP contribution in [0.5, 0.6) is 0 Å². The third-order valence-electron chi connectivity index (χ3n) is 4.46. The molecule has 28 heavy (non-hydrogen) atoms. The van der Waals surface area contributed by atoms with E-state index in [1.807, 2.05) is 98.8 Å². The van der Waals surface area contributed by atoms with E-state index in [4.69, 9.17) is 3.63 Å². The maximum atomic E-state index is 13.0. The average Bonchev–Trinajstić information content (AvgIpc) is 2.72. The van der Waals surface area contributed by atoms with Gasteiger partial charge < -0.3 is 0 Å². The molecule has 0 N–H and O–H groups in total. The fourth-order valence-corrected chi connectivity index (χ4v) is 8.51. The molecular weight excluding hydrogens is 388 g/mol. The van der Waals surface area contributed by atoms with Crippen molar-refractivity contribution in [2.75, 3.05) is 5.75 Å². The fraction of sp³-hybridized carbons (Fsp3) is 0.217. The van der Waals surface area contributed by atoms with Crippen LogP contribution in [0.2, 0.25) is 0 Å². The summed E-state index contributed by atoms with van der Waals surface area (Å²) in [7, 11) is -6.14.